The Bertz CT molecular complexity index is 373. The standard InChI is InChI=1S/C13H21N3/c1-10-4-5-11(8-13(10)14)16-7-6-12(9-16)15(2)3/h4-5,8,12H,6-7,9,14H2,1-3H3. The van der Waals surface area contributed by atoms with Crippen molar-refractivity contribution in [3.8, 4) is 0 Å². The zero-order valence-corrected chi connectivity index (χ0v) is 10.4. The molecule has 0 bridgehead atoms. The Morgan fingerprint density at radius 1 is 1.38 bits per heavy atom. The molecule has 0 aliphatic carbocycles. The molecule has 3 heteroatoms. The molecule has 0 aromatic heterocycles. The number of nitrogens with two attached hydrogens (primary N) is 1. The van der Waals surface area contributed by atoms with E-state index >= 15 is 0 Å². The highest BCUT2D eigenvalue weighted by molar-refractivity contribution is 5.60. The van der Waals surface area contributed by atoms with Gasteiger partial charge in [-0.2, -0.15) is 0 Å². The summed E-state index contributed by atoms with van der Waals surface area (Å²) in [6.07, 6.45) is 1.24. The maximum atomic E-state index is 5.95. The van der Waals surface area contributed by atoms with Gasteiger partial charge < -0.3 is 15.5 Å². The van der Waals surface area contributed by atoms with Crippen molar-refractivity contribution in [2.75, 3.05) is 37.8 Å². The van der Waals surface area contributed by atoms with Crippen molar-refractivity contribution in [2.45, 2.75) is 19.4 Å². The van der Waals surface area contributed by atoms with Crippen LogP contribution in [0.3, 0.4) is 0 Å². The minimum atomic E-state index is 0.669. The molecule has 1 aliphatic heterocycles. The number of likely N-dealkylation sites (N-methyl/N-ethyl adjacent to an activating group) is 1. The summed E-state index contributed by atoms with van der Waals surface area (Å²) in [5, 5.41) is 0. The fourth-order valence-electron chi connectivity index (χ4n) is 2.22. The van der Waals surface area contributed by atoms with Crippen LogP contribution in [0.25, 0.3) is 0 Å². The summed E-state index contributed by atoms with van der Waals surface area (Å²) in [5.41, 5.74) is 9.26. The molecule has 2 N–H and O–H groups in total. The van der Waals surface area contributed by atoms with Gasteiger partial charge in [-0.1, -0.05) is 6.07 Å². The summed E-state index contributed by atoms with van der Waals surface area (Å²) in [4.78, 5) is 4.72. The van der Waals surface area contributed by atoms with E-state index in [1.54, 1.807) is 0 Å². The average molecular weight is 219 g/mol. The van der Waals surface area contributed by atoms with Crippen molar-refractivity contribution in [3.05, 3.63) is 23.8 Å². The molecule has 1 saturated heterocycles. The summed E-state index contributed by atoms with van der Waals surface area (Å²) in [5.74, 6) is 0. The highest BCUT2D eigenvalue weighted by Crippen LogP contribution is 2.25. The van der Waals surface area contributed by atoms with Crippen LogP contribution in [-0.2, 0) is 0 Å². The molecule has 1 fully saturated rings. The van der Waals surface area contributed by atoms with E-state index in [-0.39, 0.29) is 0 Å². The van der Waals surface area contributed by atoms with E-state index in [0.717, 1.165) is 24.3 Å². The highest BCUT2D eigenvalue weighted by Gasteiger charge is 2.24. The van der Waals surface area contributed by atoms with Crippen LogP contribution >= 0.6 is 0 Å². The molecule has 1 aromatic rings. The Labute approximate surface area is 97.8 Å². The van der Waals surface area contributed by atoms with Gasteiger partial charge in [-0.3, -0.25) is 0 Å². The lowest BCUT2D eigenvalue weighted by atomic mass is 10.2. The molecule has 16 heavy (non-hydrogen) atoms. The van der Waals surface area contributed by atoms with Gasteiger partial charge in [0.15, 0.2) is 0 Å². The van der Waals surface area contributed by atoms with Crippen LogP contribution in [0.4, 0.5) is 11.4 Å². The molecule has 1 aromatic carbocycles. The van der Waals surface area contributed by atoms with Gasteiger partial charge in [0.2, 0.25) is 0 Å². The fraction of sp³-hybridized carbons (Fsp3) is 0.538. The predicted octanol–water partition coefficient (Wildman–Crippen LogP) is 1.72. The first-order chi connectivity index (χ1) is 7.58. The van der Waals surface area contributed by atoms with Crippen LogP contribution in [0.5, 0.6) is 0 Å². The fourth-order valence-corrected chi connectivity index (χ4v) is 2.22. The lowest BCUT2D eigenvalue weighted by molar-refractivity contribution is 0.315. The molecule has 0 spiro atoms. The second-order valence-electron chi connectivity index (χ2n) is 4.89. The van der Waals surface area contributed by atoms with Gasteiger partial charge in [-0.25, -0.2) is 0 Å². The maximum Gasteiger partial charge on any atom is 0.0387 e. The van der Waals surface area contributed by atoms with Crippen molar-refractivity contribution in [1.29, 1.82) is 0 Å². The third-order valence-corrected chi connectivity index (χ3v) is 3.52. The van der Waals surface area contributed by atoms with Crippen LogP contribution in [0.1, 0.15) is 12.0 Å². The minimum absolute atomic E-state index is 0.669. The van der Waals surface area contributed by atoms with E-state index in [2.05, 4.69) is 42.1 Å². The molecule has 0 amide bonds. The summed E-state index contributed by atoms with van der Waals surface area (Å²) in [7, 11) is 4.30. The van der Waals surface area contributed by atoms with Gasteiger partial charge in [-0.15, -0.1) is 0 Å². The van der Waals surface area contributed by atoms with Crippen molar-refractivity contribution in [3.63, 3.8) is 0 Å². The number of nitrogen functional groups attached to an aromatic ring is 1. The Morgan fingerprint density at radius 2 is 2.12 bits per heavy atom. The minimum Gasteiger partial charge on any atom is -0.398 e. The summed E-state index contributed by atoms with van der Waals surface area (Å²) >= 11 is 0. The molecule has 0 saturated carbocycles. The maximum absolute atomic E-state index is 5.95. The molecule has 88 valence electrons. The summed E-state index contributed by atoms with van der Waals surface area (Å²) < 4.78 is 0. The Kier molecular flexibility index (Phi) is 3.06. The first kappa shape index (κ1) is 11.3. The van der Waals surface area contributed by atoms with Crippen molar-refractivity contribution < 1.29 is 0 Å². The van der Waals surface area contributed by atoms with Gasteiger partial charge in [0.25, 0.3) is 0 Å². The molecule has 3 nitrogen and oxygen atoms in total. The monoisotopic (exact) mass is 219 g/mol. The van der Waals surface area contributed by atoms with Crippen LogP contribution in [0.15, 0.2) is 18.2 Å². The number of nitrogens with zero attached hydrogens (tertiary/aromatic N) is 2. The number of hydrogen-bond donors (Lipinski definition) is 1. The zero-order chi connectivity index (χ0) is 11.7. The summed E-state index contributed by atoms with van der Waals surface area (Å²) in [6, 6.07) is 7.03. The Morgan fingerprint density at radius 3 is 2.69 bits per heavy atom. The zero-order valence-electron chi connectivity index (χ0n) is 10.4. The van der Waals surface area contributed by atoms with E-state index in [1.807, 2.05) is 6.92 Å². The largest absolute Gasteiger partial charge is 0.398 e. The van der Waals surface area contributed by atoms with Gasteiger partial charge in [-0.05, 0) is 45.1 Å². The molecule has 1 atom stereocenters. The SMILES string of the molecule is Cc1ccc(N2CCC(N(C)C)C2)cc1N. The van der Waals surface area contributed by atoms with Crippen molar-refractivity contribution >= 4 is 11.4 Å². The van der Waals surface area contributed by atoms with Crippen LogP contribution in [-0.4, -0.2) is 38.1 Å². The number of aryl methyl sites for hydroxylation is 1. The molecule has 0 radical (unpaired) electrons. The van der Waals surface area contributed by atoms with E-state index in [0.29, 0.717) is 6.04 Å². The van der Waals surface area contributed by atoms with E-state index in [9.17, 15) is 0 Å². The number of rotatable bonds is 2. The van der Waals surface area contributed by atoms with Crippen molar-refractivity contribution in [2.24, 2.45) is 0 Å². The van der Waals surface area contributed by atoms with E-state index in [4.69, 9.17) is 5.73 Å². The van der Waals surface area contributed by atoms with Crippen molar-refractivity contribution in [1.82, 2.24) is 4.90 Å². The molecule has 1 heterocycles. The molecular weight excluding hydrogens is 198 g/mol. The van der Waals surface area contributed by atoms with Crippen LogP contribution < -0.4 is 10.6 Å². The molecular formula is C13H21N3. The second kappa shape index (κ2) is 4.34. The van der Waals surface area contributed by atoms with E-state index < -0.39 is 0 Å². The second-order valence-corrected chi connectivity index (χ2v) is 4.89. The Balaban J connectivity index is 2.11. The van der Waals surface area contributed by atoms with E-state index in [1.165, 1.54) is 12.1 Å². The van der Waals surface area contributed by atoms with Gasteiger partial charge in [0, 0.05) is 30.5 Å². The topological polar surface area (TPSA) is 32.5 Å². The number of benzene rings is 1. The Hall–Kier alpha value is -1.22. The van der Waals surface area contributed by atoms with Crippen LogP contribution in [0.2, 0.25) is 0 Å². The first-order valence-corrected chi connectivity index (χ1v) is 5.85. The normalized spacial score (nSPS) is 20.8. The highest BCUT2D eigenvalue weighted by atomic mass is 15.2. The third kappa shape index (κ3) is 2.14. The van der Waals surface area contributed by atoms with Gasteiger partial charge in [0.1, 0.15) is 0 Å². The smallest absolute Gasteiger partial charge is 0.0387 e. The quantitative estimate of drug-likeness (QED) is 0.769. The molecule has 1 unspecified atom stereocenters. The van der Waals surface area contributed by atoms with Gasteiger partial charge >= 0.3 is 0 Å². The summed E-state index contributed by atoms with van der Waals surface area (Å²) in [6.45, 7) is 4.28. The third-order valence-electron chi connectivity index (χ3n) is 3.52. The van der Waals surface area contributed by atoms with Crippen LogP contribution in [0, 0.1) is 6.92 Å². The number of anilines is 2. The average Bonchev–Trinajstić information content (AvgIpc) is 2.71. The first-order valence-electron chi connectivity index (χ1n) is 5.85. The predicted molar refractivity (Wildman–Crippen MR) is 69.9 cm³/mol. The lowest BCUT2D eigenvalue weighted by Gasteiger charge is -2.22. The molecule has 2 rings (SSSR count). The molecule has 1 aliphatic rings. The lowest BCUT2D eigenvalue weighted by Crippen LogP contribution is -2.31. The van der Waals surface area contributed by atoms with Gasteiger partial charge in [0.05, 0.1) is 0 Å². The number of hydrogen-bond acceptors (Lipinski definition) is 3.